The summed E-state index contributed by atoms with van der Waals surface area (Å²) in [4.78, 5) is 9.22. The van der Waals surface area contributed by atoms with Crippen molar-refractivity contribution in [1.82, 2.24) is 20.4 Å². The number of hydrogen-bond donors (Lipinski definition) is 2. The largest absolute Gasteiger partial charge is 0.356 e. The highest BCUT2D eigenvalue weighted by Gasteiger charge is 2.45. The summed E-state index contributed by atoms with van der Waals surface area (Å²) in [5.41, 5.74) is 0.759. The predicted molar refractivity (Wildman–Crippen MR) is 105 cm³/mol. The molecule has 0 spiro atoms. The van der Waals surface area contributed by atoms with Crippen LogP contribution in [0.4, 0.5) is 4.39 Å². The normalized spacial score (nSPS) is 21.3. The summed E-state index contributed by atoms with van der Waals surface area (Å²) in [7, 11) is 3.98. The Morgan fingerprint density at radius 1 is 1.15 bits per heavy atom. The zero-order chi connectivity index (χ0) is 18.4. The van der Waals surface area contributed by atoms with Crippen LogP contribution in [-0.2, 0) is 5.41 Å². The molecule has 144 valence electrons. The lowest BCUT2D eigenvalue weighted by Crippen LogP contribution is -2.44. The summed E-state index contributed by atoms with van der Waals surface area (Å²) >= 11 is 0. The molecular formula is C20H32FN5. The summed E-state index contributed by atoms with van der Waals surface area (Å²) < 4.78 is 14.1. The Morgan fingerprint density at radius 3 is 2.69 bits per heavy atom. The highest BCUT2D eigenvalue weighted by atomic mass is 19.1. The van der Waals surface area contributed by atoms with Crippen molar-refractivity contribution in [3.8, 4) is 0 Å². The maximum atomic E-state index is 14.1. The molecular weight excluding hydrogens is 329 g/mol. The quantitative estimate of drug-likeness (QED) is 0.597. The van der Waals surface area contributed by atoms with Gasteiger partial charge in [-0.05, 0) is 51.0 Å². The van der Waals surface area contributed by atoms with Gasteiger partial charge in [-0.3, -0.25) is 4.99 Å². The molecule has 0 radical (unpaired) electrons. The van der Waals surface area contributed by atoms with Crippen molar-refractivity contribution in [2.24, 2.45) is 4.99 Å². The smallest absolute Gasteiger partial charge is 0.191 e. The third-order valence-electron chi connectivity index (χ3n) is 5.65. The fraction of sp³-hybridized carbons (Fsp3) is 0.650. The molecule has 1 saturated carbocycles. The molecule has 2 aliphatic rings. The Morgan fingerprint density at radius 2 is 1.96 bits per heavy atom. The molecule has 1 aliphatic heterocycles. The minimum absolute atomic E-state index is 0.0711. The van der Waals surface area contributed by atoms with E-state index in [1.165, 1.54) is 13.0 Å². The molecule has 1 heterocycles. The van der Waals surface area contributed by atoms with Crippen molar-refractivity contribution in [1.29, 1.82) is 0 Å². The van der Waals surface area contributed by atoms with Crippen molar-refractivity contribution >= 4 is 5.96 Å². The van der Waals surface area contributed by atoms with Crippen LogP contribution < -0.4 is 10.6 Å². The van der Waals surface area contributed by atoms with Crippen LogP contribution in [0.5, 0.6) is 0 Å². The van der Waals surface area contributed by atoms with Crippen LogP contribution in [-0.4, -0.2) is 75.7 Å². The first-order valence-electron chi connectivity index (χ1n) is 9.73. The number of likely N-dealkylation sites (N-methyl/N-ethyl adjacent to an activating group) is 1. The van der Waals surface area contributed by atoms with Crippen LogP contribution in [0.2, 0.25) is 0 Å². The van der Waals surface area contributed by atoms with Gasteiger partial charge in [0.05, 0.1) is 0 Å². The number of nitrogens with one attached hydrogen (secondary N) is 2. The molecule has 0 aromatic heterocycles. The Bertz CT molecular complexity index is 614. The van der Waals surface area contributed by atoms with Crippen LogP contribution >= 0.6 is 0 Å². The summed E-state index contributed by atoms with van der Waals surface area (Å²) in [5.74, 6) is 0.709. The lowest BCUT2D eigenvalue weighted by atomic mass is 9.95. The predicted octanol–water partition coefficient (Wildman–Crippen LogP) is 1.66. The molecule has 5 nitrogen and oxygen atoms in total. The standard InChI is InChI=1S/C20H32FN5/c1-22-19(23-10-13-26-12-5-11-25(2)14-15-26)24-16-20(8-9-20)17-6-3-4-7-18(17)21/h3-4,6-7H,5,8-16H2,1-2H3,(H2,22,23,24). The lowest BCUT2D eigenvalue weighted by Gasteiger charge is -2.22. The van der Waals surface area contributed by atoms with E-state index >= 15 is 0 Å². The minimum atomic E-state index is -0.0964. The summed E-state index contributed by atoms with van der Waals surface area (Å²) in [5, 5.41) is 6.81. The van der Waals surface area contributed by atoms with E-state index in [1.54, 1.807) is 19.2 Å². The maximum Gasteiger partial charge on any atom is 0.191 e. The lowest BCUT2D eigenvalue weighted by molar-refractivity contribution is 0.280. The molecule has 1 saturated heterocycles. The molecule has 2 N–H and O–H groups in total. The Kier molecular flexibility index (Phi) is 6.48. The van der Waals surface area contributed by atoms with E-state index in [1.807, 2.05) is 12.1 Å². The monoisotopic (exact) mass is 361 g/mol. The molecule has 0 bridgehead atoms. The molecule has 6 heteroatoms. The Balaban J connectivity index is 1.43. The van der Waals surface area contributed by atoms with Gasteiger partial charge in [0, 0.05) is 45.2 Å². The van der Waals surface area contributed by atoms with E-state index in [4.69, 9.17) is 0 Å². The number of nitrogens with zero attached hydrogens (tertiary/aromatic N) is 3. The van der Waals surface area contributed by atoms with Gasteiger partial charge in [-0.1, -0.05) is 18.2 Å². The Hall–Kier alpha value is -1.66. The fourth-order valence-electron chi connectivity index (χ4n) is 3.71. The number of aliphatic imine (C=N–C) groups is 1. The van der Waals surface area contributed by atoms with Crippen molar-refractivity contribution in [2.45, 2.75) is 24.7 Å². The van der Waals surface area contributed by atoms with Crippen molar-refractivity contribution in [3.63, 3.8) is 0 Å². The fourth-order valence-corrected chi connectivity index (χ4v) is 3.71. The molecule has 1 aromatic carbocycles. The van der Waals surface area contributed by atoms with Gasteiger partial charge in [-0.25, -0.2) is 4.39 Å². The number of hydrogen-bond acceptors (Lipinski definition) is 3. The molecule has 1 aliphatic carbocycles. The van der Waals surface area contributed by atoms with E-state index in [0.29, 0.717) is 0 Å². The first kappa shape index (κ1) is 19.1. The van der Waals surface area contributed by atoms with Gasteiger partial charge < -0.3 is 20.4 Å². The maximum absolute atomic E-state index is 14.1. The number of rotatable bonds is 6. The van der Waals surface area contributed by atoms with Crippen LogP contribution in [0, 0.1) is 5.82 Å². The van der Waals surface area contributed by atoms with Crippen molar-refractivity contribution < 1.29 is 4.39 Å². The zero-order valence-corrected chi connectivity index (χ0v) is 16.1. The van der Waals surface area contributed by atoms with Crippen LogP contribution in [0.25, 0.3) is 0 Å². The second-order valence-electron chi connectivity index (χ2n) is 7.61. The van der Waals surface area contributed by atoms with Gasteiger partial charge in [0.25, 0.3) is 0 Å². The van der Waals surface area contributed by atoms with E-state index < -0.39 is 0 Å². The van der Waals surface area contributed by atoms with Crippen LogP contribution in [0.1, 0.15) is 24.8 Å². The van der Waals surface area contributed by atoms with E-state index in [0.717, 1.165) is 63.6 Å². The highest BCUT2D eigenvalue weighted by molar-refractivity contribution is 5.79. The van der Waals surface area contributed by atoms with Gasteiger partial charge >= 0.3 is 0 Å². The number of guanidine groups is 1. The number of benzene rings is 1. The van der Waals surface area contributed by atoms with E-state index in [9.17, 15) is 4.39 Å². The molecule has 0 amide bonds. The van der Waals surface area contributed by atoms with Crippen molar-refractivity contribution in [2.75, 3.05) is 59.9 Å². The molecule has 3 rings (SSSR count). The van der Waals surface area contributed by atoms with Gasteiger partial charge in [0.15, 0.2) is 5.96 Å². The zero-order valence-electron chi connectivity index (χ0n) is 16.1. The molecule has 26 heavy (non-hydrogen) atoms. The van der Waals surface area contributed by atoms with E-state index in [2.05, 4.69) is 32.5 Å². The molecule has 2 fully saturated rings. The second kappa shape index (κ2) is 8.82. The first-order valence-corrected chi connectivity index (χ1v) is 9.73. The van der Waals surface area contributed by atoms with Gasteiger partial charge in [-0.2, -0.15) is 0 Å². The molecule has 1 aromatic rings. The minimum Gasteiger partial charge on any atom is -0.356 e. The topological polar surface area (TPSA) is 42.9 Å². The first-order chi connectivity index (χ1) is 12.6. The average Bonchev–Trinajstić information content (AvgIpc) is 3.45. The molecule has 0 atom stereocenters. The van der Waals surface area contributed by atoms with E-state index in [-0.39, 0.29) is 11.2 Å². The van der Waals surface area contributed by atoms with Gasteiger partial charge in [0.1, 0.15) is 5.82 Å². The van der Waals surface area contributed by atoms with Gasteiger partial charge in [0.2, 0.25) is 0 Å². The van der Waals surface area contributed by atoms with Gasteiger partial charge in [-0.15, -0.1) is 0 Å². The summed E-state index contributed by atoms with van der Waals surface area (Å²) in [6.07, 6.45) is 3.28. The summed E-state index contributed by atoms with van der Waals surface area (Å²) in [6.45, 7) is 7.23. The third-order valence-corrected chi connectivity index (χ3v) is 5.65. The van der Waals surface area contributed by atoms with Crippen LogP contribution in [0.3, 0.4) is 0 Å². The SMILES string of the molecule is CN=C(NCCN1CCCN(C)CC1)NCC1(c2ccccc2F)CC1. The second-order valence-corrected chi connectivity index (χ2v) is 7.61. The van der Waals surface area contributed by atoms with Crippen molar-refractivity contribution in [3.05, 3.63) is 35.6 Å². The number of halogens is 1. The molecule has 0 unspecified atom stereocenters. The summed E-state index contributed by atoms with van der Waals surface area (Å²) in [6, 6.07) is 7.14. The Labute approximate surface area is 156 Å². The average molecular weight is 362 g/mol. The van der Waals surface area contributed by atoms with Crippen LogP contribution in [0.15, 0.2) is 29.3 Å². The third kappa shape index (κ3) is 4.95. The highest BCUT2D eigenvalue weighted by Crippen LogP contribution is 2.48.